The fourth-order valence-corrected chi connectivity index (χ4v) is 4.39. The maximum absolute atomic E-state index is 13.5. The molecular formula is C23H30ClN3O6S. The number of anilines is 1. The van der Waals surface area contributed by atoms with Gasteiger partial charge in [0.05, 0.1) is 26.2 Å². The second-order valence-electron chi connectivity index (χ2n) is 7.53. The Kier molecular flexibility index (Phi) is 9.57. The van der Waals surface area contributed by atoms with Crippen molar-refractivity contribution in [2.75, 3.05) is 37.9 Å². The van der Waals surface area contributed by atoms with Crippen LogP contribution in [0, 0.1) is 0 Å². The van der Waals surface area contributed by atoms with E-state index < -0.39 is 28.5 Å². The second kappa shape index (κ2) is 11.9. The van der Waals surface area contributed by atoms with Crippen molar-refractivity contribution in [3.63, 3.8) is 0 Å². The van der Waals surface area contributed by atoms with E-state index in [0.29, 0.717) is 22.9 Å². The molecule has 2 aromatic carbocycles. The van der Waals surface area contributed by atoms with Crippen molar-refractivity contribution in [2.24, 2.45) is 0 Å². The minimum atomic E-state index is -3.89. The number of likely N-dealkylation sites (N-methyl/N-ethyl adjacent to an activating group) is 1. The number of nitrogens with zero attached hydrogens (tertiary/aromatic N) is 2. The smallest absolute Gasteiger partial charge is 0.244 e. The third-order valence-electron chi connectivity index (χ3n) is 5.10. The first-order valence-corrected chi connectivity index (χ1v) is 12.8. The van der Waals surface area contributed by atoms with E-state index in [4.69, 9.17) is 21.1 Å². The highest BCUT2D eigenvalue weighted by atomic mass is 35.5. The highest BCUT2D eigenvalue weighted by molar-refractivity contribution is 7.92. The Balaban J connectivity index is 2.46. The van der Waals surface area contributed by atoms with Crippen molar-refractivity contribution in [2.45, 2.75) is 26.4 Å². The quantitative estimate of drug-likeness (QED) is 0.497. The Morgan fingerprint density at radius 3 is 2.38 bits per heavy atom. The Labute approximate surface area is 205 Å². The first-order valence-electron chi connectivity index (χ1n) is 10.5. The van der Waals surface area contributed by atoms with E-state index in [-0.39, 0.29) is 23.9 Å². The molecule has 0 unspecified atom stereocenters. The fourth-order valence-electron chi connectivity index (χ4n) is 3.32. The molecule has 11 heteroatoms. The number of halogens is 1. The van der Waals surface area contributed by atoms with Gasteiger partial charge in [0.2, 0.25) is 21.8 Å². The summed E-state index contributed by atoms with van der Waals surface area (Å²) < 4.78 is 36.9. The van der Waals surface area contributed by atoms with E-state index in [1.807, 2.05) is 0 Å². The van der Waals surface area contributed by atoms with E-state index in [0.717, 1.165) is 10.6 Å². The largest absolute Gasteiger partial charge is 0.497 e. The molecule has 0 aliphatic carbocycles. The van der Waals surface area contributed by atoms with Gasteiger partial charge in [0.25, 0.3) is 0 Å². The minimum Gasteiger partial charge on any atom is -0.497 e. The molecule has 0 saturated heterocycles. The van der Waals surface area contributed by atoms with Crippen LogP contribution in [-0.4, -0.2) is 64.7 Å². The lowest BCUT2D eigenvalue weighted by atomic mass is 10.1. The predicted molar refractivity (Wildman–Crippen MR) is 132 cm³/mol. The molecule has 186 valence electrons. The lowest BCUT2D eigenvalue weighted by molar-refractivity contribution is -0.139. The number of amides is 2. The molecule has 0 aliphatic rings. The monoisotopic (exact) mass is 511 g/mol. The third kappa shape index (κ3) is 7.01. The molecule has 0 radical (unpaired) electrons. The van der Waals surface area contributed by atoms with Crippen molar-refractivity contribution in [3.8, 4) is 11.5 Å². The third-order valence-corrected chi connectivity index (χ3v) is 6.46. The molecule has 34 heavy (non-hydrogen) atoms. The standard InChI is InChI=1S/C23H30ClN3O6S/c1-6-25-23(29)16(2)26(14-17-8-7-9-18(24)12-17)22(28)15-27(34(5,30)31)20-11-10-19(32-3)13-21(20)33-4/h7-13,16H,6,14-15H2,1-5H3,(H,25,29)/t16-/m1/s1. The highest BCUT2D eigenvalue weighted by Crippen LogP contribution is 2.33. The summed E-state index contributed by atoms with van der Waals surface area (Å²) >= 11 is 6.09. The van der Waals surface area contributed by atoms with E-state index in [1.54, 1.807) is 44.2 Å². The number of sulfonamides is 1. The van der Waals surface area contributed by atoms with Crippen LogP contribution in [-0.2, 0) is 26.2 Å². The zero-order valence-electron chi connectivity index (χ0n) is 19.9. The number of ether oxygens (including phenoxy) is 2. The van der Waals surface area contributed by atoms with Gasteiger partial charge in [0.15, 0.2) is 0 Å². The number of carbonyl (C=O) groups excluding carboxylic acids is 2. The van der Waals surface area contributed by atoms with Gasteiger partial charge < -0.3 is 19.7 Å². The summed E-state index contributed by atoms with van der Waals surface area (Å²) in [6, 6.07) is 10.6. The number of carbonyl (C=O) groups is 2. The number of hydrogen-bond donors (Lipinski definition) is 1. The average molecular weight is 512 g/mol. The molecule has 1 atom stereocenters. The molecule has 0 heterocycles. The molecule has 0 aromatic heterocycles. The first-order chi connectivity index (χ1) is 16.0. The SMILES string of the molecule is CCNC(=O)[C@@H](C)N(Cc1cccc(Cl)c1)C(=O)CN(c1ccc(OC)cc1OC)S(C)(=O)=O. The highest BCUT2D eigenvalue weighted by Gasteiger charge is 2.31. The lowest BCUT2D eigenvalue weighted by Crippen LogP contribution is -2.51. The van der Waals surface area contributed by atoms with Gasteiger partial charge >= 0.3 is 0 Å². The van der Waals surface area contributed by atoms with Gasteiger partial charge in [-0.3, -0.25) is 13.9 Å². The summed E-state index contributed by atoms with van der Waals surface area (Å²) in [5.41, 5.74) is 0.873. The van der Waals surface area contributed by atoms with Gasteiger partial charge in [0, 0.05) is 24.2 Å². The fraction of sp³-hybridized carbons (Fsp3) is 0.391. The van der Waals surface area contributed by atoms with Crippen LogP contribution >= 0.6 is 11.6 Å². The molecule has 0 spiro atoms. The summed E-state index contributed by atoms with van der Waals surface area (Å²) in [7, 11) is -1.02. The molecule has 0 saturated carbocycles. The maximum atomic E-state index is 13.5. The van der Waals surface area contributed by atoms with Gasteiger partial charge in [-0.15, -0.1) is 0 Å². The van der Waals surface area contributed by atoms with Gasteiger partial charge in [-0.1, -0.05) is 23.7 Å². The number of benzene rings is 2. The van der Waals surface area contributed by atoms with Crippen molar-refractivity contribution in [1.29, 1.82) is 0 Å². The van der Waals surface area contributed by atoms with Crippen LogP contribution in [0.15, 0.2) is 42.5 Å². The number of nitrogens with one attached hydrogen (secondary N) is 1. The van der Waals surface area contributed by atoms with Crippen LogP contribution < -0.4 is 19.1 Å². The number of methoxy groups -OCH3 is 2. The molecule has 0 fully saturated rings. The van der Waals surface area contributed by atoms with E-state index >= 15 is 0 Å². The van der Waals surface area contributed by atoms with E-state index in [1.165, 1.54) is 31.3 Å². The molecule has 0 bridgehead atoms. The maximum Gasteiger partial charge on any atom is 0.244 e. The summed E-state index contributed by atoms with van der Waals surface area (Å²) in [5, 5.41) is 3.18. The Hall–Kier alpha value is -2.98. The van der Waals surface area contributed by atoms with Gasteiger partial charge in [-0.2, -0.15) is 0 Å². The molecule has 2 amide bonds. The van der Waals surface area contributed by atoms with Crippen molar-refractivity contribution < 1.29 is 27.5 Å². The summed E-state index contributed by atoms with van der Waals surface area (Å²) in [4.78, 5) is 27.4. The summed E-state index contributed by atoms with van der Waals surface area (Å²) in [6.07, 6.45) is 0.998. The zero-order valence-corrected chi connectivity index (χ0v) is 21.4. The first kappa shape index (κ1) is 27.3. The topological polar surface area (TPSA) is 105 Å². The summed E-state index contributed by atoms with van der Waals surface area (Å²) in [5.74, 6) is -0.239. The predicted octanol–water partition coefficient (Wildman–Crippen LogP) is 2.68. The molecule has 9 nitrogen and oxygen atoms in total. The van der Waals surface area contributed by atoms with Crippen molar-refractivity contribution in [3.05, 3.63) is 53.1 Å². The Bertz CT molecular complexity index is 1130. The average Bonchev–Trinajstić information content (AvgIpc) is 2.79. The summed E-state index contributed by atoms with van der Waals surface area (Å²) in [6.45, 7) is 3.28. The van der Waals surface area contributed by atoms with Crippen LogP contribution in [0.25, 0.3) is 0 Å². The Morgan fingerprint density at radius 2 is 1.82 bits per heavy atom. The van der Waals surface area contributed by atoms with Crippen LogP contribution in [0.5, 0.6) is 11.5 Å². The van der Waals surface area contributed by atoms with Gasteiger partial charge in [-0.05, 0) is 43.7 Å². The van der Waals surface area contributed by atoms with E-state index in [9.17, 15) is 18.0 Å². The normalized spacial score (nSPS) is 11.9. The van der Waals surface area contributed by atoms with Crippen LogP contribution in [0.1, 0.15) is 19.4 Å². The van der Waals surface area contributed by atoms with E-state index in [2.05, 4.69) is 5.32 Å². The Morgan fingerprint density at radius 1 is 1.12 bits per heavy atom. The van der Waals surface area contributed by atoms with Gasteiger partial charge in [-0.25, -0.2) is 8.42 Å². The molecule has 1 N–H and O–H groups in total. The molecule has 2 rings (SSSR count). The minimum absolute atomic E-state index is 0.0645. The number of rotatable bonds is 11. The van der Waals surface area contributed by atoms with Gasteiger partial charge in [0.1, 0.15) is 24.1 Å². The van der Waals surface area contributed by atoms with Crippen LogP contribution in [0.2, 0.25) is 5.02 Å². The zero-order chi connectivity index (χ0) is 25.5. The second-order valence-corrected chi connectivity index (χ2v) is 9.87. The molecular weight excluding hydrogens is 482 g/mol. The van der Waals surface area contributed by atoms with Crippen LogP contribution in [0.4, 0.5) is 5.69 Å². The van der Waals surface area contributed by atoms with Crippen molar-refractivity contribution >= 4 is 39.1 Å². The van der Waals surface area contributed by atoms with Crippen LogP contribution in [0.3, 0.4) is 0 Å². The molecule has 0 aliphatic heterocycles. The lowest BCUT2D eigenvalue weighted by Gasteiger charge is -2.31. The number of hydrogen-bond acceptors (Lipinski definition) is 6. The van der Waals surface area contributed by atoms with Crippen molar-refractivity contribution in [1.82, 2.24) is 10.2 Å². The molecule has 2 aromatic rings.